The molecule has 15 heavy (non-hydrogen) atoms. The summed E-state index contributed by atoms with van der Waals surface area (Å²) in [4.78, 5) is 13.7. The molecule has 0 unspecified atom stereocenters. The zero-order valence-corrected chi connectivity index (χ0v) is 8.24. The average molecular weight is 205 g/mol. The van der Waals surface area contributed by atoms with Crippen molar-refractivity contribution < 1.29 is 15.0 Å². The van der Waals surface area contributed by atoms with Crippen LogP contribution in [0.4, 0.5) is 0 Å². The van der Waals surface area contributed by atoms with Crippen LogP contribution < -0.4 is 0 Å². The van der Waals surface area contributed by atoms with Crippen molar-refractivity contribution in [1.82, 2.24) is 4.98 Å². The van der Waals surface area contributed by atoms with E-state index >= 15 is 0 Å². The van der Waals surface area contributed by atoms with E-state index in [1.54, 1.807) is 18.2 Å². The van der Waals surface area contributed by atoms with Gasteiger partial charge in [-0.15, -0.1) is 0 Å². The highest BCUT2D eigenvalue weighted by Crippen LogP contribution is 2.25. The Morgan fingerprint density at radius 3 is 2.87 bits per heavy atom. The molecule has 2 aromatic rings. The van der Waals surface area contributed by atoms with E-state index in [2.05, 4.69) is 4.98 Å². The van der Waals surface area contributed by atoms with E-state index in [4.69, 9.17) is 5.11 Å². The summed E-state index contributed by atoms with van der Waals surface area (Å²) in [5.41, 5.74) is 2.37. The quantitative estimate of drug-likeness (QED) is 0.700. The minimum absolute atomic E-state index is 0.00336. The summed E-state index contributed by atoms with van der Waals surface area (Å²) < 4.78 is 0. The van der Waals surface area contributed by atoms with Crippen molar-refractivity contribution in [2.75, 3.05) is 0 Å². The maximum Gasteiger partial charge on any atom is 0.307 e. The Balaban J connectivity index is 2.63. The Morgan fingerprint density at radius 1 is 1.47 bits per heavy atom. The molecule has 0 bridgehead atoms. The van der Waals surface area contributed by atoms with Crippen LogP contribution in [-0.4, -0.2) is 21.2 Å². The molecule has 0 spiro atoms. The number of hydrogen-bond acceptors (Lipinski definition) is 2. The third kappa shape index (κ3) is 1.66. The highest BCUT2D eigenvalue weighted by molar-refractivity contribution is 5.89. The minimum atomic E-state index is -0.855. The molecule has 0 aliphatic rings. The largest absolute Gasteiger partial charge is 0.508 e. The molecule has 0 aliphatic carbocycles. The van der Waals surface area contributed by atoms with Crippen molar-refractivity contribution in [3.63, 3.8) is 0 Å². The molecule has 0 saturated heterocycles. The molecule has 2 rings (SSSR count). The van der Waals surface area contributed by atoms with Gasteiger partial charge in [0.25, 0.3) is 0 Å². The SMILES string of the molecule is Cc1[nH]c2cc(O)ccc2c1CC(=O)O. The van der Waals surface area contributed by atoms with E-state index < -0.39 is 5.97 Å². The second kappa shape index (κ2) is 3.31. The molecule has 0 aliphatic heterocycles. The Morgan fingerprint density at radius 2 is 2.20 bits per heavy atom. The zero-order valence-electron chi connectivity index (χ0n) is 8.24. The van der Waals surface area contributed by atoms with Crippen LogP contribution in [0.2, 0.25) is 0 Å². The molecule has 1 aromatic heterocycles. The summed E-state index contributed by atoms with van der Waals surface area (Å²) in [5, 5.41) is 18.9. The van der Waals surface area contributed by atoms with Gasteiger partial charge in [0.1, 0.15) is 5.75 Å². The van der Waals surface area contributed by atoms with Crippen LogP contribution in [0.25, 0.3) is 10.9 Å². The Hall–Kier alpha value is -1.97. The van der Waals surface area contributed by atoms with Crippen molar-refractivity contribution in [1.29, 1.82) is 0 Å². The number of nitrogens with one attached hydrogen (secondary N) is 1. The third-order valence-electron chi connectivity index (χ3n) is 2.43. The van der Waals surface area contributed by atoms with Gasteiger partial charge < -0.3 is 15.2 Å². The molecule has 0 fully saturated rings. The number of rotatable bonds is 2. The van der Waals surface area contributed by atoms with Gasteiger partial charge in [-0.2, -0.15) is 0 Å². The summed E-state index contributed by atoms with van der Waals surface area (Å²) in [7, 11) is 0. The monoisotopic (exact) mass is 205 g/mol. The van der Waals surface area contributed by atoms with Crippen LogP contribution in [0.5, 0.6) is 5.75 Å². The van der Waals surface area contributed by atoms with E-state index in [0.29, 0.717) is 0 Å². The number of aromatic nitrogens is 1. The summed E-state index contributed by atoms with van der Waals surface area (Å²) in [6.07, 6.45) is -0.00336. The normalized spacial score (nSPS) is 10.7. The smallest absolute Gasteiger partial charge is 0.307 e. The first-order chi connectivity index (χ1) is 7.08. The van der Waals surface area contributed by atoms with E-state index in [9.17, 15) is 9.90 Å². The first-order valence-corrected chi connectivity index (χ1v) is 4.60. The van der Waals surface area contributed by atoms with Gasteiger partial charge in [-0.3, -0.25) is 4.79 Å². The third-order valence-corrected chi connectivity index (χ3v) is 2.43. The second-order valence-electron chi connectivity index (χ2n) is 3.53. The lowest BCUT2D eigenvalue weighted by molar-refractivity contribution is -0.136. The number of aromatic hydroxyl groups is 1. The van der Waals surface area contributed by atoms with Gasteiger partial charge in [0.2, 0.25) is 0 Å². The van der Waals surface area contributed by atoms with E-state index in [1.165, 1.54) is 0 Å². The standard InChI is InChI=1S/C11H11NO3/c1-6-9(5-11(14)15)8-3-2-7(13)4-10(8)12-6/h2-4,12-13H,5H2,1H3,(H,14,15). The van der Waals surface area contributed by atoms with E-state index in [1.807, 2.05) is 6.92 Å². The number of phenols is 1. The number of carboxylic acids is 1. The number of carboxylic acid groups (broad SMARTS) is 1. The first kappa shape index (κ1) is 9.58. The average Bonchev–Trinajstić information content (AvgIpc) is 2.41. The Bertz CT molecular complexity index is 528. The fraction of sp³-hybridized carbons (Fsp3) is 0.182. The number of aromatic amines is 1. The Kier molecular flexibility index (Phi) is 2.11. The van der Waals surface area contributed by atoms with Gasteiger partial charge in [0, 0.05) is 22.7 Å². The predicted molar refractivity (Wildman–Crippen MR) is 56.0 cm³/mol. The molecular weight excluding hydrogens is 194 g/mol. The van der Waals surface area contributed by atoms with Crippen molar-refractivity contribution in [3.8, 4) is 5.75 Å². The summed E-state index contributed by atoms with van der Waals surface area (Å²) in [6, 6.07) is 4.88. The van der Waals surface area contributed by atoms with Crippen LogP contribution in [-0.2, 0) is 11.2 Å². The molecule has 0 saturated carbocycles. The molecular formula is C11H11NO3. The highest BCUT2D eigenvalue weighted by atomic mass is 16.4. The first-order valence-electron chi connectivity index (χ1n) is 4.60. The number of H-pyrrole nitrogens is 1. The number of aryl methyl sites for hydroxylation is 1. The van der Waals surface area contributed by atoms with Crippen LogP contribution in [0.15, 0.2) is 18.2 Å². The number of aliphatic carboxylic acids is 1. The fourth-order valence-corrected chi connectivity index (χ4v) is 1.76. The number of carbonyl (C=O) groups is 1. The lowest BCUT2D eigenvalue weighted by atomic mass is 10.1. The molecule has 0 radical (unpaired) electrons. The van der Waals surface area contributed by atoms with Gasteiger partial charge in [0.15, 0.2) is 0 Å². The number of fused-ring (bicyclic) bond motifs is 1. The van der Waals surface area contributed by atoms with Gasteiger partial charge in [-0.1, -0.05) is 0 Å². The van der Waals surface area contributed by atoms with Crippen LogP contribution in [0, 0.1) is 6.92 Å². The summed E-state index contributed by atoms with van der Waals surface area (Å²) >= 11 is 0. The maximum absolute atomic E-state index is 10.7. The molecule has 4 nitrogen and oxygen atoms in total. The number of phenolic OH excluding ortho intramolecular Hbond substituents is 1. The van der Waals surface area contributed by atoms with Crippen molar-refractivity contribution in [2.24, 2.45) is 0 Å². The molecule has 3 N–H and O–H groups in total. The summed E-state index contributed by atoms with van der Waals surface area (Å²) in [5.74, 6) is -0.683. The maximum atomic E-state index is 10.7. The summed E-state index contributed by atoms with van der Waals surface area (Å²) in [6.45, 7) is 1.83. The number of benzene rings is 1. The van der Waals surface area contributed by atoms with Crippen molar-refractivity contribution in [3.05, 3.63) is 29.5 Å². The Labute approximate surface area is 86.2 Å². The molecule has 1 aromatic carbocycles. The lowest BCUT2D eigenvalue weighted by Gasteiger charge is -1.96. The topological polar surface area (TPSA) is 73.3 Å². The zero-order chi connectivity index (χ0) is 11.0. The van der Waals surface area contributed by atoms with Gasteiger partial charge in [-0.05, 0) is 24.6 Å². The molecule has 0 amide bonds. The minimum Gasteiger partial charge on any atom is -0.508 e. The fourth-order valence-electron chi connectivity index (χ4n) is 1.76. The predicted octanol–water partition coefficient (Wildman–Crippen LogP) is 1.81. The molecule has 0 atom stereocenters. The van der Waals surface area contributed by atoms with E-state index in [-0.39, 0.29) is 12.2 Å². The lowest BCUT2D eigenvalue weighted by Crippen LogP contribution is -2.00. The molecule has 78 valence electrons. The molecule has 1 heterocycles. The van der Waals surface area contributed by atoms with Crippen LogP contribution in [0.3, 0.4) is 0 Å². The molecule has 4 heteroatoms. The van der Waals surface area contributed by atoms with Crippen LogP contribution >= 0.6 is 0 Å². The van der Waals surface area contributed by atoms with E-state index in [0.717, 1.165) is 22.2 Å². The van der Waals surface area contributed by atoms with Gasteiger partial charge in [0.05, 0.1) is 6.42 Å². The van der Waals surface area contributed by atoms with Gasteiger partial charge in [-0.25, -0.2) is 0 Å². The van der Waals surface area contributed by atoms with Crippen molar-refractivity contribution in [2.45, 2.75) is 13.3 Å². The van der Waals surface area contributed by atoms with Crippen LogP contribution in [0.1, 0.15) is 11.3 Å². The second-order valence-corrected chi connectivity index (χ2v) is 3.53. The van der Waals surface area contributed by atoms with Gasteiger partial charge >= 0.3 is 5.97 Å². The highest BCUT2D eigenvalue weighted by Gasteiger charge is 2.11. The number of hydrogen-bond donors (Lipinski definition) is 3. The van der Waals surface area contributed by atoms with Crippen molar-refractivity contribution >= 4 is 16.9 Å².